The second kappa shape index (κ2) is 4.40. The smallest absolute Gasteiger partial charge is 0.305 e. The van der Waals surface area contributed by atoms with Crippen molar-refractivity contribution < 1.29 is 9.66 Å². The Balaban J connectivity index is 1.89. The van der Waals surface area contributed by atoms with Crippen LogP contribution in [-0.2, 0) is 4.74 Å². The van der Waals surface area contributed by atoms with Gasteiger partial charge in [0.05, 0.1) is 11.0 Å². The first-order chi connectivity index (χ1) is 7.69. The third-order valence-electron chi connectivity index (χ3n) is 2.61. The van der Waals surface area contributed by atoms with Crippen LogP contribution < -0.4 is 5.32 Å². The Morgan fingerprint density at radius 1 is 1.50 bits per heavy atom. The number of nitrogens with one attached hydrogen (secondary N) is 1. The molecule has 7 heteroatoms. The second-order valence-corrected chi connectivity index (χ2v) is 3.69. The summed E-state index contributed by atoms with van der Waals surface area (Å²) in [5.41, 5.74) is -0.103. The summed E-state index contributed by atoms with van der Waals surface area (Å²) in [5, 5.41) is 13.5. The summed E-state index contributed by atoms with van der Waals surface area (Å²) in [6.45, 7) is 0. The lowest BCUT2D eigenvalue weighted by Crippen LogP contribution is -2.40. The Bertz CT molecular complexity index is 375. The lowest BCUT2D eigenvalue weighted by molar-refractivity contribution is -0.385. The number of anilines is 1. The first-order valence-corrected chi connectivity index (χ1v) is 4.95. The summed E-state index contributed by atoms with van der Waals surface area (Å²) in [6.07, 6.45) is 4.52. The van der Waals surface area contributed by atoms with Crippen molar-refractivity contribution >= 4 is 11.6 Å². The molecule has 0 spiro atoms. The van der Waals surface area contributed by atoms with Crippen LogP contribution >= 0.6 is 0 Å². The van der Waals surface area contributed by atoms with Gasteiger partial charge in [0.25, 0.3) is 0 Å². The van der Waals surface area contributed by atoms with E-state index in [0.717, 1.165) is 12.8 Å². The predicted molar refractivity (Wildman–Crippen MR) is 56.1 cm³/mol. The number of aromatic nitrogens is 2. The highest BCUT2D eigenvalue weighted by atomic mass is 16.6. The molecular formula is C9H12N4O3. The van der Waals surface area contributed by atoms with Gasteiger partial charge < -0.3 is 10.1 Å². The van der Waals surface area contributed by atoms with Crippen molar-refractivity contribution in [3.05, 3.63) is 22.5 Å². The summed E-state index contributed by atoms with van der Waals surface area (Å²) in [4.78, 5) is 17.6. The van der Waals surface area contributed by atoms with E-state index in [1.807, 2.05) is 0 Å². The normalized spacial score (nSPS) is 23.6. The van der Waals surface area contributed by atoms with Crippen LogP contribution in [0.1, 0.15) is 12.8 Å². The van der Waals surface area contributed by atoms with Gasteiger partial charge in [0.15, 0.2) is 0 Å². The first-order valence-electron chi connectivity index (χ1n) is 4.95. The van der Waals surface area contributed by atoms with Crippen LogP contribution in [0.4, 0.5) is 11.6 Å². The fourth-order valence-corrected chi connectivity index (χ4v) is 1.55. The minimum Gasteiger partial charge on any atom is -0.381 e. The molecule has 0 atom stereocenters. The fourth-order valence-electron chi connectivity index (χ4n) is 1.55. The molecule has 1 aromatic rings. The number of methoxy groups -OCH3 is 1. The van der Waals surface area contributed by atoms with Gasteiger partial charge in [0.2, 0.25) is 5.95 Å². The van der Waals surface area contributed by atoms with Crippen molar-refractivity contribution in [3.63, 3.8) is 0 Å². The predicted octanol–water partition coefficient (Wildman–Crippen LogP) is 0.974. The molecule has 0 amide bonds. The van der Waals surface area contributed by atoms with E-state index in [4.69, 9.17) is 4.74 Å². The molecule has 0 saturated heterocycles. The molecule has 0 unspecified atom stereocenters. The molecule has 0 bridgehead atoms. The molecule has 1 N–H and O–H groups in total. The number of nitro groups is 1. The number of ether oxygens (including phenoxy) is 1. The Morgan fingerprint density at radius 2 is 2.12 bits per heavy atom. The van der Waals surface area contributed by atoms with Gasteiger partial charge in [-0.3, -0.25) is 10.1 Å². The van der Waals surface area contributed by atoms with Gasteiger partial charge in [0.1, 0.15) is 12.4 Å². The van der Waals surface area contributed by atoms with Crippen LogP contribution in [0.2, 0.25) is 0 Å². The molecule has 16 heavy (non-hydrogen) atoms. The largest absolute Gasteiger partial charge is 0.381 e. The Hall–Kier alpha value is -1.76. The van der Waals surface area contributed by atoms with E-state index in [1.165, 1.54) is 12.4 Å². The summed E-state index contributed by atoms with van der Waals surface area (Å²) >= 11 is 0. The van der Waals surface area contributed by atoms with Crippen molar-refractivity contribution in [2.75, 3.05) is 12.4 Å². The van der Waals surface area contributed by atoms with Gasteiger partial charge in [-0.1, -0.05) is 0 Å². The lowest BCUT2D eigenvalue weighted by Gasteiger charge is -2.34. The second-order valence-electron chi connectivity index (χ2n) is 3.69. The number of hydrogen-bond donors (Lipinski definition) is 1. The van der Waals surface area contributed by atoms with Crippen LogP contribution in [0.25, 0.3) is 0 Å². The van der Waals surface area contributed by atoms with Crippen LogP contribution in [-0.4, -0.2) is 34.1 Å². The van der Waals surface area contributed by atoms with E-state index >= 15 is 0 Å². The Morgan fingerprint density at radius 3 is 2.62 bits per heavy atom. The molecule has 1 aliphatic carbocycles. The molecule has 7 nitrogen and oxygen atoms in total. The first kappa shape index (κ1) is 10.7. The van der Waals surface area contributed by atoms with E-state index in [2.05, 4.69) is 15.3 Å². The van der Waals surface area contributed by atoms with Gasteiger partial charge in [0, 0.05) is 13.2 Å². The molecular weight excluding hydrogens is 212 g/mol. The average molecular weight is 224 g/mol. The maximum atomic E-state index is 10.4. The van der Waals surface area contributed by atoms with Crippen molar-refractivity contribution in [3.8, 4) is 0 Å². The van der Waals surface area contributed by atoms with Crippen molar-refractivity contribution in [1.82, 2.24) is 9.97 Å². The van der Waals surface area contributed by atoms with Gasteiger partial charge in [-0.2, -0.15) is 0 Å². The van der Waals surface area contributed by atoms with Crippen molar-refractivity contribution in [1.29, 1.82) is 0 Å². The van der Waals surface area contributed by atoms with E-state index < -0.39 is 4.92 Å². The third kappa shape index (κ3) is 2.25. The Labute approximate surface area is 92.0 Å². The number of nitrogens with zero attached hydrogens (tertiary/aromatic N) is 3. The zero-order valence-corrected chi connectivity index (χ0v) is 8.79. The van der Waals surface area contributed by atoms with E-state index in [1.54, 1.807) is 7.11 Å². The monoisotopic (exact) mass is 224 g/mol. The van der Waals surface area contributed by atoms with Gasteiger partial charge in [-0.25, -0.2) is 9.97 Å². The average Bonchev–Trinajstić information content (AvgIpc) is 2.23. The van der Waals surface area contributed by atoms with E-state index in [-0.39, 0.29) is 5.69 Å². The van der Waals surface area contributed by atoms with Crippen LogP contribution in [0.3, 0.4) is 0 Å². The minimum atomic E-state index is -0.520. The molecule has 0 aliphatic heterocycles. The molecule has 1 aliphatic rings. The number of hydrogen-bond acceptors (Lipinski definition) is 6. The topological polar surface area (TPSA) is 90.2 Å². The molecule has 1 heterocycles. The zero-order valence-electron chi connectivity index (χ0n) is 8.79. The molecule has 1 aromatic heterocycles. The quantitative estimate of drug-likeness (QED) is 0.605. The van der Waals surface area contributed by atoms with Gasteiger partial charge in [-0.05, 0) is 12.8 Å². The zero-order chi connectivity index (χ0) is 11.5. The third-order valence-corrected chi connectivity index (χ3v) is 2.61. The molecule has 0 aromatic carbocycles. The summed E-state index contributed by atoms with van der Waals surface area (Å²) < 4.78 is 5.13. The molecule has 86 valence electrons. The fraction of sp³-hybridized carbons (Fsp3) is 0.556. The highest BCUT2D eigenvalue weighted by Crippen LogP contribution is 2.25. The lowest BCUT2D eigenvalue weighted by atomic mass is 9.89. The molecule has 0 radical (unpaired) electrons. The summed E-state index contributed by atoms with van der Waals surface area (Å²) in [7, 11) is 1.68. The molecule has 2 rings (SSSR count). The summed E-state index contributed by atoms with van der Waals surface area (Å²) in [5.74, 6) is 0.421. The minimum absolute atomic E-state index is 0.103. The highest BCUT2D eigenvalue weighted by molar-refractivity contribution is 5.32. The molecule has 1 fully saturated rings. The highest BCUT2D eigenvalue weighted by Gasteiger charge is 2.29. The van der Waals surface area contributed by atoms with Crippen molar-refractivity contribution in [2.24, 2.45) is 0 Å². The maximum absolute atomic E-state index is 10.4. The van der Waals surface area contributed by atoms with Crippen LogP contribution in [0, 0.1) is 10.1 Å². The van der Waals surface area contributed by atoms with E-state index in [9.17, 15) is 10.1 Å². The van der Waals surface area contributed by atoms with Gasteiger partial charge >= 0.3 is 5.69 Å². The number of rotatable bonds is 4. The SMILES string of the molecule is COC1CC(Nc2ncc([N+](=O)[O-])cn2)C1. The maximum Gasteiger partial charge on any atom is 0.305 e. The standard InChI is InChI=1S/C9H12N4O3/c1-16-8-2-6(3-8)12-9-10-4-7(5-11-9)13(14)15/h4-6,8H,2-3H2,1H3,(H,10,11,12). The Kier molecular flexibility index (Phi) is 2.95. The van der Waals surface area contributed by atoms with Crippen molar-refractivity contribution in [2.45, 2.75) is 25.0 Å². The van der Waals surface area contributed by atoms with Crippen LogP contribution in [0.5, 0.6) is 0 Å². The van der Waals surface area contributed by atoms with E-state index in [0.29, 0.717) is 18.1 Å². The van der Waals surface area contributed by atoms with Gasteiger partial charge in [-0.15, -0.1) is 0 Å². The van der Waals surface area contributed by atoms with Crippen LogP contribution in [0.15, 0.2) is 12.4 Å². The molecule has 1 saturated carbocycles. The summed E-state index contributed by atoms with van der Waals surface area (Å²) in [6, 6.07) is 0.298.